The van der Waals surface area contributed by atoms with Gasteiger partial charge in [-0.1, -0.05) is 30.3 Å². The number of hydrazone groups is 1. The molecule has 0 atom stereocenters. The van der Waals surface area contributed by atoms with Crippen LogP contribution in [0.25, 0.3) is 0 Å². The summed E-state index contributed by atoms with van der Waals surface area (Å²) in [6.07, 6.45) is 2.85. The predicted octanol–water partition coefficient (Wildman–Crippen LogP) is 1.54. The normalized spacial score (nSPS) is 8.93. The van der Waals surface area contributed by atoms with Gasteiger partial charge in [0, 0.05) is 6.20 Å². The summed E-state index contributed by atoms with van der Waals surface area (Å²) in [5.41, 5.74) is 3.42. The van der Waals surface area contributed by atoms with E-state index in [1.54, 1.807) is 18.4 Å². The van der Waals surface area contributed by atoms with Crippen molar-refractivity contribution in [2.45, 2.75) is 0 Å². The second-order valence-corrected chi connectivity index (χ2v) is 2.58. The lowest BCUT2D eigenvalue weighted by atomic mass is 10.2. The van der Waals surface area contributed by atoms with Crippen LogP contribution >= 0.6 is 0 Å². The molecule has 0 amide bonds. The molecule has 1 N–H and O–H groups in total. The van der Waals surface area contributed by atoms with Gasteiger partial charge in [0.2, 0.25) is 0 Å². The highest BCUT2D eigenvalue weighted by molar-refractivity contribution is 5.79. The molecule has 0 saturated heterocycles. The van der Waals surface area contributed by atoms with E-state index < -0.39 is 0 Å². The molecule has 0 aromatic heterocycles. The third kappa shape index (κ3) is 3.75. The Morgan fingerprint density at radius 3 is 2.47 bits per heavy atom. The summed E-state index contributed by atoms with van der Waals surface area (Å²) in [4.78, 5) is 0. The second-order valence-electron chi connectivity index (χ2n) is 2.58. The summed E-state index contributed by atoms with van der Waals surface area (Å²) < 4.78 is 0. The van der Waals surface area contributed by atoms with Gasteiger partial charge in [0.15, 0.2) is 0 Å². The van der Waals surface area contributed by atoms with Gasteiger partial charge in [-0.3, -0.25) is 5.43 Å². The minimum atomic E-state index is -0.0137. The maximum atomic E-state index is 8.41. The van der Waals surface area contributed by atoms with Gasteiger partial charge in [-0.25, -0.2) is 0 Å². The fourth-order valence-corrected chi connectivity index (χ4v) is 0.842. The maximum Gasteiger partial charge on any atom is 0.147 e. The number of benzene rings is 1. The zero-order valence-corrected chi connectivity index (χ0v) is 7.88. The second kappa shape index (κ2) is 5.95. The van der Waals surface area contributed by atoms with Gasteiger partial charge in [-0.05, 0) is 5.56 Å². The van der Waals surface area contributed by atoms with Crippen molar-refractivity contribution in [1.82, 2.24) is 5.43 Å². The van der Waals surface area contributed by atoms with Gasteiger partial charge in [-0.15, -0.1) is 0 Å². The summed E-state index contributed by atoms with van der Waals surface area (Å²) in [7, 11) is 0. The standard InChI is InChI=1S/C11H8N4/c12-6-11(7-13)9-15-14-8-10-4-2-1-3-5-10/h1-5,8-9,15H/b14-8-. The third-order valence-corrected chi connectivity index (χ3v) is 1.54. The molecule has 0 radical (unpaired) electrons. The van der Waals surface area contributed by atoms with Crippen LogP contribution in [0.2, 0.25) is 0 Å². The van der Waals surface area contributed by atoms with E-state index in [2.05, 4.69) is 10.5 Å². The summed E-state index contributed by atoms with van der Waals surface area (Å²) in [6.45, 7) is 0. The van der Waals surface area contributed by atoms with Gasteiger partial charge in [-0.2, -0.15) is 15.6 Å². The minimum absolute atomic E-state index is 0.0137. The molecule has 4 nitrogen and oxygen atoms in total. The SMILES string of the molecule is N#CC(C#N)=CN/N=C\c1ccccc1. The Kier molecular flexibility index (Phi) is 4.16. The molecule has 4 heteroatoms. The average Bonchev–Trinajstić information content (AvgIpc) is 2.31. The quantitative estimate of drug-likeness (QED) is 0.452. The monoisotopic (exact) mass is 196 g/mol. The van der Waals surface area contributed by atoms with Crippen molar-refractivity contribution in [2.75, 3.05) is 0 Å². The van der Waals surface area contributed by atoms with Gasteiger partial charge >= 0.3 is 0 Å². The summed E-state index contributed by atoms with van der Waals surface area (Å²) in [6, 6.07) is 12.9. The smallest absolute Gasteiger partial charge is 0.147 e. The highest BCUT2D eigenvalue weighted by Gasteiger charge is 1.87. The molecule has 0 aliphatic heterocycles. The minimum Gasteiger partial charge on any atom is -0.284 e. The number of nitrogens with zero attached hydrogens (tertiary/aromatic N) is 3. The summed E-state index contributed by atoms with van der Waals surface area (Å²) >= 11 is 0. The number of allylic oxidation sites excluding steroid dienone is 1. The molecule has 0 bridgehead atoms. The third-order valence-electron chi connectivity index (χ3n) is 1.54. The Balaban J connectivity index is 2.53. The van der Waals surface area contributed by atoms with Crippen LogP contribution in [0.5, 0.6) is 0 Å². The van der Waals surface area contributed by atoms with Crippen LogP contribution in [0, 0.1) is 22.7 Å². The first-order chi connectivity index (χ1) is 7.36. The van der Waals surface area contributed by atoms with E-state index in [4.69, 9.17) is 10.5 Å². The molecule has 1 aromatic rings. The van der Waals surface area contributed by atoms with Crippen LogP contribution in [-0.2, 0) is 0 Å². The van der Waals surface area contributed by atoms with Gasteiger partial charge in [0.25, 0.3) is 0 Å². The first-order valence-corrected chi connectivity index (χ1v) is 4.21. The zero-order valence-electron chi connectivity index (χ0n) is 7.88. The molecule has 0 saturated carbocycles. The van der Waals surface area contributed by atoms with Crippen LogP contribution in [0.4, 0.5) is 0 Å². The van der Waals surface area contributed by atoms with E-state index in [0.29, 0.717) is 0 Å². The topological polar surface area (TPSA) is 72.0 Å². The highest BCUT2D eigenvalue weighted by Crippen LogP contribution is 1.93. The lowest BCUT2D eigenvalue weighted by Crippen LogP contribution is -1.96. The zero-order chi connectivity index (χ0) is 10.9. The molecule has 0 heterocycles. The Hall–Kier alpha value is -2.59. The lowest BCUT2D eigenvalue weighted by molar-refractivity contribution is 0.970. The van der Waals surface area contributed by atoms with E-state index in [1.165, 1.54) is 6.20 Å². The van der Waals surface area contributed by atoms with Crippen molar-refractivity contribution in [3.63, 3.8) is 0 Å². The molecule has 0 spiro atoms. The van der Waals surface area contributed by atoms with E-state index in [1.807, 2.05) is 30.3 Å². The first kappa shape index (κ1) is 10.5. The maximum absolute atomic E-state index is 8.41. The van der Waals surface area contributed by atoms with Crippen molar-refractivity contribution in [2.24, 2.45) is 5.10 Å². The van der Waals surface area contributed by atoms with Crippen LogP contribution < -0.4 is 5.43 Å². The van der Waals surface area contributed by atoms with E-state index >= 15 is 0 Å². The van der Waals surface area contributed by atoms with Crippen molar-refractivity contribution >= 4 is 6.21 Å². The van der Waals surface area contributed by atoms with Crippen molar-refractivity contribution in [3.8, 4) is 12.1 Å². The predicted molar refractivity (Wildman–Crippen MR) is 56.5 cm³/mol. The fourth-order valence-electron chi connectivity index (χ4n) is 0.842. The molecule has 72 valence electrons. The molecule has 15 heavy (non-hydrogen) atoms. The number of nitrogens with one attached hydrogen (secondary N) is 1. The van der Waals surface area contributed by atoms with Crippen LogP contribution in [0.1, 0.15) is 5.56 Å². The molecule has 0 unspecified atom stereocenters. The highest BCUT2D eigenvalue weighted by atomic mass is 15.3. The molecule has 0 aliphatic rings. The van der Waals surface area contributed by atoms with E-state index in [9.17, 15) is 0 Å². The number of hydrogen-bond acceptors (Lipinski definition) is 4. The van der Waals surface area contributed by atoms with Crippen LogP contribution in [0.15, 0.2) is 47.2 Å². The number of nitriles is 2. The van der Waals surface area contributed by atoms with Gasteiger partial charge in [0.1, 0.15) is 17.7 Å². The molecule has 1 rings (SSSR count). The number of hydrogen-bond donors (Lipinski definition) is 1. The van der Waals surface area contributed by atoms with Crippen molar-refractivity contribution in [1.29, 1.82) is 10.5 Å². The molecule has 1 aromatic carbocycles. The van der Waals surface area contributed by atoms with Crippen LogP contribution in [0.3, 0.4) is 0 Å². The Labute approximate surface area is 87.8 Å². The molecular formula is C11H8N4. The van der Waals surface area contributed by atoms with Gasteiger partial charge in [0.05, 0.1) is 6.21 Å². The Morgan fingerprint density at radius 1 is 1.20 bits per heavy atom. The van der Waals surface area contributed by atoms with Crippen molar-refractivity contribution < 1.29 is 0 Å². The Bertz CT molecular complexity index is 430. The first-order valence-electron chi connectivity index (χ1n) is 4.21. The van der Waals surface area contributed by atoms with Crippen molar-refractivity contribution in [3.05, 3.63) is 47.7 Å². The largest absolute Gasteiger partial charge is 0.284 e. The van der Waals surface area contributed by atoms with Crippen LogP contribution in [-0.4, -0.2) is 6.21 Å². The molecular weight excluding hydrogens is 188 g/mol. The fraction of sp³-hybridized carbons (Fsp3) is 0. The van der Waals surface area contributed by atoms with E-state index in [-0.39, 0.29) is 5.57 Å². The summed E-state index contributed by atoms with van der Waals surface area (Å²) in [5, 5.41) is 20.6. The molecule has 0 fully saturated rings. The molecule has 0 aliphatic carbocycles. The number of rotatable bonds is 3. The lowest BCUT2D eigenvalue weighted by Gasteiger charge is -1.91. The van der Waals surface area contributed by atoms with Gasteiger partial charge < -0.3 is 0 Å². The summed E-state index contributed by atoms with van der Waals surface area (Å²) in [5.74, 6) is 0. The van der Waals surface area contributed by atoms with E-state index in [0.717, 1.165) is 5.56 Å². The Morgan fingerprint density at radius 2 is 1.87 bits per heavy atom. The average molecular weight is 196 g/mol.